The Morgan fingerprint density at radius 2 is 2.18 bits per heavy atom. The maximum absolute atomic E-state index is 13.6. The molecule has 0 radical (unpaired) electrons. The van der Waals surface area contributed by atoms with Gasteiger partial charge in [-0.2, -0.15) is 5.10 Å². The molecule has 1 aromatic carbocycles. The SMILES string of the molecule is Cn1ncc2c1CCCN(C(=O)CCc1ccccc1F)C2. The molecule has 0 atom stereocenters. The highest BCUT2D eigenvalue weighted by Crippen LogP contribution is 2.19. The Morgan fingerprint density at radius 1 is 1.36 bits per heavy atom. The van der Waals surface area contributed by atoms with Crippen LogP contribution in [0.5, 0.6) is 0 Å². The van der Waals surface area contributed by atoms with Crippen LogP contribution in [0.25, 0.3) is 0 Å². The molecule has 4 nitrogen and oxygen atoms in total. The fraction of sp³-hybridized carbons (Fsp3) is 0.412. The first-order chi connectivity index (χ1) is 10.6. The van der Waals surface area contributed by atoms with E-state index in [9.17, 15) is 9.18 Å². The largest absolute Gasteiger partial charge is 0.338 e. The molecule has 0 bridgehead atoms. The van der Waals surface area contributed by atoms with Crippen molar-refractivity contribution in [2.45, 2.75) is 32.2 Å². The fourth-order valence-corrected chi connectivity index (χ4v) is 3.00. The van der Waals surface area contributed by atoms with Crippen molar-refractivity contribution in [1.29, 1.82) is 0 Å². The quantitative estimate of drug-likeness (QED) is 0.873. The zero-order valence-corrected chi connectivity index (χ0v) is 12.8. The van der Waals surface area contributed by atoms with Crippen LogP contribution in [-0.4, -0.2) is 27.1 Å². The number of hydrogen-bond acceptors (Lipinski definition) is 2. The van der Waals surface area contributed by atoms with E-state index in [1.54, 1.807) is 18.2 Å². The van der Waals surface area contributed by atoms with E-state index in [1.807, 2.05) is 22.8 Å². The Labute approximate surface area is 129 Å². The summed E-state index contributed by atoms with van der Waals surface area (Å²) in [5.41, 5.74) is 2.94. The van der Waals surface area contributed by atoms with E-state index in [0.29, 0.717) is 24.9 Å². The molecule has 2 aromatic rings. The lowest BCUT2D eigenvalue weighted by Crippen LogP contribution is -2.30. The van der Waals surface area contributed by atoms with Crippen molar-refractivity contribution in [3.63, 3.8) is 0 Å². The number of hydrogen-bond donors (Lipinski definition) is 0. The first kappa shape index (κ1) is 14.8. The molecule has 22 heavy (non-hydrogen) atoms. The van der Waals surface area contributed by atoms with Gasteiger partial charge in [0, 0.05) is 37.8 Å². The second-order valence-corrected chi connectivity index (χ2v) is 5.75. The van der Waals surface area contributed by atoms with Gasteiger partial charge in [-0.3, -0.25) is 9.48 Å². The first-order valence-electron chi connectivity index (χ1n) is 7.66. The van der Waals surface area contributed by atoms with E-state index in [2.05, 4.69) is 5.10 Å². The van der Waals surface area contributed by atoms with Gasteiger partial charge >= 0.3 is 0 Å². The minimum absolute atomic E-state index is 0.0833. The Kier molecular flexibility index (Phi) is 4.22. The molecule has 116 valence electrons. The third kappa shape index (κ3) is 3.03. The molecular formula is C17H20FN3O. The van der Waals surface area contributed by atoms with Gasteiger partial charge in [0.05, 0.1) is 6.20 Å². The summed E-state index contributed by atoms with van der Waals surface area (Å²) in [4.78, 5) is 14.3. The minimum atomic E-state index is -0.235. The number of aromatic nitrogens is 2. The van der Waals surface area contributed by atoms with Crippen molar-refractivity contribution in [3.8, 4) is 0 Å². The molecule has 1 amide bonds. The molecule has 1 aromatic heterocycles. The van der Waals surface area contributed by atoms with Gasteiger partial charge in [0.15, 0.2) is 0 Å². The molecule has 0 unspecified atom stereocenters. The summed E-state index contributed by atoms with van der Waals surface area (Å²) in [7, 11) is 1.94. The standard InChI is InChI=1S/C17H20FN3O/c1-20-16-7-4-10-21(12-14(16)11-19-20)17(22)9-8-13-5-2-3-6-15(13)18/h2-3,5-6,11H,4,7-10,12H2,1H3. The van der Waals surface area contributed by atoms with Crippen molar-refractivity contribution < 1.29 is 9.18 Å². The molecule has 2 heterocycles. The number of carbonyl (C=O) groups is 1. The van der Waals surface area contributed by atoms with Crippen LogP contribution in [0.1, 0.15) is 29.7 Å². The van der Waals surface area contributed by atoms with Crippen LogP contribution in [0.2, 0.25) is 0 Å². The van der Waals surface area contributed by atoms with Crippen molar-refractivity contribution in [3.05, 3.63) is 53.1 Å². The van der Waals surface area contributed by atoms with Gasteiger partial charge in [0.1, 0.15) is 5.82 Å². The predicted octanol–water partition coefficient (Wildman–Crippen LogP) is 2.47. The van der Waals surface area contributed by atoms with Crippen molar-refractivity contribution in [2.24, 2.45) is 7.05 Å². The highest BCUT2D eigenvalue weighted by Gasteiger charge is 2.21. The molecule has 0 saturated carbocycles. The topological polar surface area (TPSA) is 38.1 Å². The van der Waals surface area contributed by atoms with Crippen LogP contribution in [-0.2, 0) is 31.2 Å². The number of aryl methyl sites for hydroxylation is 2. The lowest BCUT2D eigenvalue weighted by atomic mass is 10.1. The lowest BCUT2D eigenvalue weighted by Gasteiger charge is -2.20. The smallest absolute Gasteiger partial charge is 0.223 e. The Bertz CT molecular complexity index is 680. The van der Waals surface area contributed by atoms with Gasteiger partial charge in [-0.1, -0.05) is 18.2 Å². The summed E-state index contributed by atoms with van der Waals surface area (Å²) in [5, 5.41) is 4.27. The maximum atomic E-state index is 13.6. The summed E-state index contributed by atoms with van der Waals surface area (Å²) in [6, 6.07) is 6.65. The molecule has 1 aliphatic heterocycles. The van der Waals surface area contributed by atoms with Gasteiger partial charge in [0.25, 0.3) is 0 Å². The van der Waals surface area contributed by atoms with Gasteiger partial charge in [0.2, 0.25) is 5.91 Å². The van der Waals surface area contributed by atoms with Gasteiger partial charge in [-0.05, 0) is 30.9 Å². The van der Waals surface area contributed by atoms with Crippen molar-refractivity contribution in [1.82, 2.24) is 14.7 Å². The molecule has 0 aliphatic carbocycles. The summed E-state index contributed by atoms with van der Waals surface area (Å²) in [6.07, 6.45) is 4.52. The molecule has 0 fully saturated rings. The monoisotopic (exact) mass is 301 g/mol. The highest BCUT2D eigenvalue weighted by atomic mass is 19.1. The third-order valence-electron chi connectivity index (χ3n) is 4.27. The van der Waals surface area contributed by atoms with E-state index in [1.165, 1.54) is 11.8 Å². The molecule has 3 rings (SSSR count). The van der Waals surface area contributed by atoms with Crippen LogP contribution in [0, 0.1) is 5.82 Å². The second-order valence-electron chi connectivity index (χ2n) is 5.75. The fourth-order valence-electron chi connectivity index (χ4n) is 3.00. The molecule has 1 aliphatic rings. The minimum Gasteiger partial charge on any atom is -0.338 e. The Hall–Kier alpha value is -2.17. The molecule has 5 heteroatoms. The van der Waals surface area contributed by atoms with E-state index in [0.717, 1.165) is 24.9 Å². The zero-order chi connectivity index (χ0) is 15.5. The maximum Gasteiger partial charge on any atom is 0.223 e. The van der Waals surface area contributed by atoms with E-state index >= 15 is 0 Å². The van der Waals surface area contributed by atoms with Crippen LogP contribution < -0.4 is 0 Å². The van der Waals surface area contributed by atoms with Gasteiger partial charge < -0.3 is 4.90 Å². The highest BCUT2D eigenvalue weighted by molar-refractivity contribution is 5.76. The van der Waals surface area contributed by atoms with E-state index in [-0.39, 0.29) is 11.7 Å². The summed E-state index contributed by atoms with van der Waals surface area (Å²) in [5.74, 6) is -0.152. The van der Waals surface area contributed by atoms with Crippen LogP contribution in [0.3, 0.4) is 0 Å². The Balaban J connectivity index is 1.64. The van der Waals surface area contributed by atoms with Gasteiger partial charge in [-0.25, -0.2) is 4.39 Å². The molecule has 0 N–H and O–H groups in total. The number of nitrogens with zero attached hydrogens (tertiary/aromatic N) is 3. The number of fused-ring (bicyclic) bond motifs is 1. The van der Waals surface area contributed by atoms with Crippen LogP contribution in [0.15, 0.2) is 30.5 Å². The molecular weight excluding hydrogens is 281 g/mol. The van der Waals surface area contributed by atoms with Gasteiger partial charge in [-0.15, -0.1) is 0 Å². The molecule has 0 saturated heterocycles. The van der Waals surface area contributed by atoms with E-state index in [4.69, 9.17) is 0 Å². The zero-order valence-electron chi connectivity index (χ0n) is 12.8. The summed E-state index contributed by atoms with van der Waals surface area (Å²) >= 11 is 0. The predicted molar refractivity (Wildman–Crippen MR) is 81.7 cm³/mol. The van der Waals surface area contributed by atoms with Crippen LogP contribution >= 0.6 is 0 Å². The Morgan fingerprint density at radius 3 is 3.00 bits per heavy atom. The number of carbonyl (C=O) groups excluding carboxylic acids is 1. The van der Waals surface area contributed by atoms with E-state index < -0.39 is 0 Å². The normalized spacial score (nSPS) is 14.5. The number of amides is 1. The average molecular weight is 301 g/mol. The summed E-state index contributed by atoms with van der Waals surface area (Å²) in [6.45, 7) is 1.37. The average Bonchev–Trinajstić information content (AvgIpc) is 2.74. The number of rotatable bonds is 3. The van der Waals surface area contributed by atoms with Crippen molar-refractivity contribution >= 4 is 5.91 Å². The van der Waals surface area contributed by atoms with Crippen molar-refractivity contribution in [2.75, 3.05) is 6.54 Å². The lowest BCUT2D eigenvalue weighted by molar-refractivity contribution is -0.131. The first-order valence-corrected chi connectivity index (χ1v) is 7.66. The summed E-state index contributed by atoms with van der Waals surface area (Å²) < 4.78 is 15.5. The second kappa shape index (κ2) is 6.30. The van der Waals surface area contributed by atoms with Crippen LogP contribution in [0.4, 0.5) is 4.39 Å². The molecule has 0 spiro atoms. The number of halogens is 1. The number of benzene rings is 1. The third-order valence-corrected chi connectivity index (χ3v) is 4.27.